The lowest BCUT2D eigenvalue weighted by atomic mass is 10.3. The number of imidazole rings is 1. The largest absolute Gasteiger partial charge is 0.497 e. The third kappa shape index (κ3) is 1.66. The Bertz CT molecular complexity index is 517. The Labute approximate surface area is 93.9 Å². The van der Waals surface area contributed by atoms with E-state index in [4.69, 9.17) is 4.74 Å². The number of rotatable bonds is 4. The minimum absolute atomic E-state index is 0.477. The summed E-state index contributed by atoms with van der Waals surface area (Å²) in [7, 11) is 1.62. The Morgan fingerprint density at radius 3 is 2.94 bits per heavy atom. The maximum absolute atomic E-state index is 10.9. The zero-order valence-corrected chi connectivity index (χ0v) is 9.43. The van der Waals surface area contributed by atoms with Crippen LogP contribution in [0.15, 0.2) is 18.2 Å². The lowest BCUT2D eigenvalue weighted by molar-refractivity contribution is 0.111. The van der Waals surface area contributed by atoms with Crippen LogP contribution in [0.5, 0.6) is 5.75 Å². The Hall–Kier alpha value is -1.84. The van der Waals surface area contributed by atoms with Crippen LogP contribution in [-0.4, -0.2) is 22.9 Å². The molecule has 0 saturated heterocycles. The van der Waals surface area contributed by atoms with Crippen LogP contribution in [-0.2, 0) is 6.54 Å². The monoisotopic (exact) mass is 218 g/mol. The molecule has 2 rings (SSSR count). The van der Waals surface area contributed by atoms with Crippen LogP contribution >= 0.6 is 0 Å². The number of carbonyl (C=O) groups is 1. The van der Waals surface area contributed by atoms with Gasteiger partial charge in [0.2, 0.25) is 0 Å². The molecular weight excluding hydrogens is 204 g/mol. The fourth-order valence-electron chi connectivity index (χ4n) is 1.80. The number of methoxy groups -OCH3 is 1. The molecule has 0 spiro atoms. The summed E-state index contributed by atoms with van der Waals surface area (Å²) in [6.07, 6.45) is 1.76. The molecule has 4 nitrogen and oxygen atoms in total. The first kappa shape index (κ1) is 10.7. The van der Waals surface area contributed by atoms with Gasteiger partial charge < -0.3 is 9.30 Å². The van der Waals surface area contributed by atoms with Crippen molar-refractivity contribution in [1.29, 1.82) is 0 Å². The smallest absolute Gasteiger partial charge is 0.185 e. The van der Waals surface area contributed by atoms with Crippen LogP contribution in [0.25, 0.3) is 11.0 Å². The first-order valence-electron chi connectivity index (χ1n) is 5.29. The molecule has 0 radical (unpaired) electrons. The zero-order chi connectivity index (χ0) is 11.5. The highest BCUT2D eigenvalue weighted by molar-refractivity contribution is 5.84. The first-order valence-corrected chi connectivity index (χ1v) is 5.29. The van der Waals surface area contributed by atoms with Crippen molar-refractivity contribution in [3.8, 4) is 5.75 Å². The van der Waals surface area contributed by atoms with E-state index >= 15 is 0 Å². The maximum atomic E-state index is 10.9. The molecule has 84 valence electrons. The molecule has 0 N–H and O–H groups in total. The van der Waals surface area contributed by atoms with Crippen molar-refractivity contribution in [2.24, 2.45) is 0 Å². The summed E-state index contributed by atoms with van der Waals surface area (Å²) >= 11 is 0. The van der Waals surface area contributed by atoms with Crippen molar-refractivity contribution in [2.75, 3.05) is 7.11 Å². The summed E-state index contributed by atoms with van der Waals surface area (Å²) in [5.41, 5.74) is 1.78. The lowest BCUT2D eigenvalue weighted by Crippen LogP contribution is -2.01. The van der Waals surface area contributed by atoms with Crippen LogP contribution in [0.3, 0.4) is 0 Å². The third-order valence-corrected chi connectivity index (χ3v) is 2.54. The van der Waals surface area contributed by atoms with E-state index in [1.807, 2.05) is 22.8 Å². The summed E-state index contributed by atoms with van der Waals surface area (Å²) < 4.78 is 7.06. The van der Waals surface area contributed by atoms with Crippen LogP contribution in [0, 0.1) is 0 Å². The SMILES string of the molecule is CCCn1c(C=O)nc2cc(OC)ccc21. The molecule has 0 aliphatic rings. The molecule has 0 atom stereocenters. The highest BCUT2D eigenvalue weighted by atomic mass is 16.5. The summed E-state index contributed by atoms with van der Waals surface area (Å²) in [5.74, 6) is 1.23. The van der Waals surface area contributed by atoms with Gasteiger partial charge in [-0.25, -0.2) is 4.98 Å². The minimum atomic E-state index is 0.477. The van der Waals surface area contributed by atoms with Gasteiger partial charge in [0.25, 0.3) is 0 Å². The van der Waals surface area contributed by atoms with Gasteiger partial charge in [-0.15, -0.1) is 0 Å². The van der Waals surface area contributed by atoms with Gasteiger partial charge in [0.05, 0.1) is 18.1 Å². The second-order valence-corrected chi connectivity index (χ2v) is 3.59. The van der Waals surface area contributed by atoms with E-state index in [2.05, 4.69) is 11.9 Å². The number of aldehydes is 1. The highest BCUT2D eigenvalue weighted by Crippen LogP contribution is 2.21. The van der Waals surface area contributed by atoms with Crippen LogP contribution in [0.4, 0.5) is 0 Å². The van der Waals surface area contributed by atoms with E-state index in [0.717, 1.165) is 36.0 Å². The molecule has 0 aliphatic carbocycles. The average Bonchev–Trinajstić information content (AvgIpc) is 2.67. The van der Waals surface area contributed by atoms with Crippen molar-refractivity contribution < 1.29 is 9.53 Å². The molecule has 0 fully saturated rings. The molecule has 1 heterocycles. The molecule has 0 bridgehead atoms. The number of hydrogen-bond donors (Lipinski definition) is 0. The summed E-state index contributed by atoms with van der Waals surface area (Å²) in [6, 6.07) is 5.66. The molecule has 2 aromatic rings. The van der Waals surface area contributed by atoms with Crippen LogP contribution < -0.4 is 4.74 Å². The number of nitrogens with zero attached hydrogens (tertiary/aromatic N) is 2. The Balaban J connectivity index is 2.62. The van der Waals surface area contributed by atoms with Crippen molar-refractivity contribution >= 4 is 17.3 Å². The van der Waals surface area contributed by atoms with E-state index in [-0.39, 0.29) is 0 Å². The van der Waals surface area contributed by atoms with Crippen molar-refractivity contribution in [1.82, 2.24) is 9.55 Å². The number of fused-ring (bicyclic) bond motifs is 1. The minimum Gasteiger partial charge on any atom is -0.497 e. The third-order valence-electron chi connectivity index (χ3n) is 2.54. The summed E-state index contributed by atoms with van der Waals surface area (Å²) in [4.78, 5) is 15.2. The Kier molecular flexibility index (Phi) is 2.90. The lowest BCUT2D eigenvalue weighted by Gasteiger charge is -2.03. The van der Waals surface area contributed by atoms with Gasteiger partial charge in [-0.05, 0) is 18.6 Å². The fraction of sp³-hybridized carbons (Fsp3) is 0.333. The molecule has 1 aromatic carbocycles. The van der Waals surface area contributed by atoms with Crippen molar-refractivity contribution in [2.45, 2.75) is 19.9 Å². The molecule has 0 amide bonds. The number of carbonyl (C=O) groups excluding carboxylic acids is 1. The summed E-state index contributed by atoms with van der Waals surface area (Å²) in [6.45, 7) is 2.88. The Morgan fingerprint density at radius 2 is 2.31 bits per heavy atom. The van der Waals surface area contributed by atoms with E-state index in [1.54, 1.807) is 7.11 Å². The molecule has 0 saturated carbocycles. The van der Waals surface area contributed by atoms with Gasteiger partial charge in [0.1, 0.15) is 5.75 Å². The van der Waals surface area contributed by atoms with E-state index in [9.17, 15) is 4.79 Å². The quantitative estimate of drug-likeness (QED) is 0.739. The van der Waals surface area contributed by atoms with Crippen LogP contribution in [0.1, 0.15) is 24.0 Å². The fourth-order valence-corrected chi connectivity index (χ4v) is 1.80. The number of aromatic nitrogens is 2. The van der Waals surface area contributed by atoms with E-state index in [0.29, 0.717) is 5.82 Å². The molecule has 16 heavy (non-hydrogen) atoms. The number of benzene rings is 1. The molecular formula is C12H14N2O2. The van der Waals surface area contributed by atoms with Crippen molar-refractivity contribution in [3.63, 3.8) is 0 Å². The average molecular weight is 218 g/mol. The second kappa shape index (κ2) is 4.35. The van der Waals surface area contributed by atoms with Gasteiger partial charge >= 0.3 is 0 Å². The predicted molar refractivity (Wildman–Crippen MR) is 62.0 cm³/mol. The van der Waals surface area contributed by atoms with E-state index in [1.165, 1.54) is 0 Å². The van der Waals surface area contributed by atoms with Crippen LogP contribution in [0.2, 0.25) is 0 Å². The molecule has 1 aromatic heterocycles. The van der Waals surface area contributed by atoms with Gasteiger partial charge in [-0.1, -0.05) is 6.92 Å². The molecule has 0 aliphatic heterocycles. The Morgan fingerprint density at radius 1 is 1.50 bits per heavy atom. The molecule has 4 heteroatoms. The molecule has 0 unspecified atom stereocenters. The van der Waals surface area contributed by atoms with E-state index < -0.39 is 0 Å². The zero-order valence-electron chi connectivity index (χ0n) is 9.43. The normalized spacial score (nSPS) is 10.6. The standard InChI is InChI=1S/C12H14N2O2/c1-3-6-14-11-5-4-9(16-2)7-10(11)13-12(14)8-15/h4-5,7-8H,3,6H2,1-2H3. The van der Waals surface area contributed by atoms with Gasteiger partial charge in [0, 0.05) is 12.6 Å². The van der Waals surface area contributed by atoms with Gasteiger partial charge in [0.15, 0.2) is 12.1 Å². The van der Waals surface area contributed by atoms with Gasteiger partial charge in [-0.2, -0.15) is 0 Å². The number of ether oxygens (including phenoxy) is 1. The number of hydrogen-bond acceptors (Lipinski definition) is 3. The highest BCUT2D eigenvalue weighted by Gasteiger charge is 2.09. The van der Waals surface area contributed by atoms with Crippen molar-refractivity contribution in [3.05, 3.63) is 24.0 Å². The second-order valence-electron chi connectivity index (χ2n) is 3.59. The maximum Gasteiger partial charge on any atom is 0.185 e. The predicted octanol–water partition coefficient (Wildman–Crippen LogP) is 2.27. The summed E-state index contributed by atoms with van der Waals surface area (Å²) in [5, 5.41) is 0. The first-order chi connectivity index (χ1) is 7.80. The number of aryl methyl sites for hydroxylation is 1. The topological polar surface area (TPSA) is 44.1 Å². The van der Waals surface area contributed by atoms with Gasteiger partial charge in [-0.3, -0.25) is 4.79 Å².